The van der Waals surface area contributed by atoms with Gasteiger partial charge in [0.1, 0.15) is 0 Å². The van der Waals surface area contributed by atoms with Crippen LogP contribution in [0.2, 0.25) is 0 Å². The van der Waals surface area contributed by atoms with Gasteiger partial charge in [-0.2, -0.15) is 0 Å². The number of hydrogen-bond donors (Lipinski definition) is 1. The van der Waals surface area contributed by atoms with Crippen molar-refractivity contribution in [1.29, 1.82) is 0 Å². The van der Waals surface area contributed by atoms with Crippen molar-refractivity contribution in [2.24, 2.45) is 0 Å². The van der Waals surface area contributed by atoms with E-state index in [-0.39, 0.29) is 11.4 Å². The van der Waals surface area contributed by atoms with Crippen molar-refractivity contribution in [1.82, 2.24) is 15.1 Å². The minimum atomic E-state index is 0.0162. The summed E-state index contributed by atoms with van der Waals surface area (Å²) < 4.78 is 0. The molecule has 1 N–H and O–H groups in total. The van der Waals surface area contributed by atoms with Crippen molar-refractivity contribution in [3.05, 3.63) is 30.3 Å². The van der Waals surface area contributed by atoms with Gasteiger partial charge in [0, 0.05) is 31.2 Å². The predicted molar refractivity (Wildman–Crippen MR) is 116 cm³/mol. The maximum atomic E-state index is 11.3. The first kappa shape index (κ1) is 23.4. The van der Waals surface area contributed by atoms with E-state index in [1.807, 2.05) is 6.07 Å². The number of carbonyl (C=O) groups excluding carboxylic acids is 1. The van der Waals surface area contributed by atoms with Crippen molar-refractivity contribution in [3.63, 3.8) is 0 Å². The fourth-order valence-electron chi connectivity index (χ4n) is 3.24. The molecule has 0 bridgehead atoms. The minimum absolute atomic E-state index is 0.0162. The molecule has 1 saturated heterocycles. The normalized spacial score (nSPS) is 16.4. The number of piperidine rings is 1. The lowest BCUT2D eigenvalue weighted by molar-refractivity contribution is -0.119. The van der Waals surface area contributed by atoms with Gasteiger partial charge in [-0.05, 0) is 66.0 Å². The molecule has 1 fully saturated rings. The molecule has 154 valence electrons. The Labute approximate surface area is 166 Å². The number of hydrogen-bond acceptors (Lipinski definition) is 4. The number of nitrogens with one attached hydrogen (secondary N) is 1. The van der Waals surface area contributed by atoms with Gasteiger partial charge < -0.3 is 20.0 Å². The highest BCUT2D eigenvalue weighted by molar-refractivity contribution is 5.73. The van der Waals surface area contributed by atoms with Crippen LogP contribution in [0, 0.1) is 0 Å². The molecule has 0 unspecified atom stereocenters. The molecule has 0 atom stereocenters. The lowest BCUT2D eigenvalue weighted by atomic mass is 9.87. The summed E-state index contributed by atoms with van der Waals surface area (Å²) in [6.45, 7) is 10.1. The highest BCUT2D eigenvalue weighted by Crippen LogP contribution is 2.32. The maximum Gasteiger partial charge on any atom is 0.218 e. The van der Waals surface area contributed by atoms with Crippen LogP contribution in [0.1, 0.15) is 46.5 Å². The van der Waals surface area contributed by atoms with Gasteiger partial charge in [-0.1, -0.05) is 31.5 Å². The average molecular weight is 377 g/mol. The number of benzene rings is 1. The van der Waals surface area contributed by atoms with Crippen LogP contribution in [-0.2, 0) is 4.79 Å². The largest absolute Gasteiger partial charge is 0.348 e. The van der Waals surface area contributed by atoms with Gasteiger partial charge in [-0.3, -0.25) is 4.79 Å². The van der Waals surface area contributed by atoms with E-state index in [1.165, 1.54) is 25.1 Å². The standard InChI is InChI=1S/C16H25N3O.C6H15N/c1-14(20)17-13-19(15-7-5-4-6-8-15)16(2)9-11-18(3)12-10-16;1-4-5-6-7(2)3/h4-8H,9-13H2,1-3H3,(H,17,20);4-6H2,1-3H3. The summed E-state index contributed by atoms with van der Waals surface area (Å²) >= 11 is 0. The molecule has 1 aromatic carbocycles. The van der Waals surface area contributed by atoms with Crippen LogP contribution in [-0.4, -0.2) is 68.7 Å². The number of anilines is 1. The first-order valence-corrected chi connectivity index (χ1v) is 10.2. The van der Waals surface area contributed by atoms with E-state index < -0.39 is 0 Å². The van der Waals surface area contributed by atoms with Crippen LogP contribution in [0.4, 0.5) is 5.69 Å². The number of para-hydroxylation sites is 1. The topological polar surface area (TPSA) is 38.8 Å². The molecule has 0 radical (unpaired) electrons. The molecule has 2 rings (SSSR count). The van der Waals surface area contributed by atoms with Crippen molar-refractivity contribution in [2.45, 2.75) is 52.0 Å². The Hall–Kier alpha value is -1.59. The first-order chi connectivity index (χ1) is 12.8. The Morgan fingerprint density at radius 3 is 2.22 bits per heavy atom. The zero-order valence-corrected chi connectivity index (χ0v) is 18.3. The van der Waals surface area contributed by atoms with Gasteiger partial charge in [0.25, 0.3) is 0 Å². The zero-order chi connectivity index (χ0) is 20.3. The molecular weight excluding hydrogens is 336 g/mol. The van der Waals surface area contributed by atoms with Crippen molar-refractivity contribution < 1.29 is 4.79 Å². The summed E-state index contributed by atoms with van der Waals surface area (Å²) in [5.74, 6) is 0.0162. The molecule has 5 nitrogen and oxygen atoms in total. The molecule has 1 amide bonds. The molecule has 1 aliphatic heterocycles. The van der Waals surface area contributed by atoms with Crippen LogP contribution in [0.5, 0.6) is 0 Å². The summed E-state index contributed by atoms with van der Waals surface area (Å²) in [7, 11) is 6.38. The van der Waals surface area contributed by atoms with Gasteiger partial charge in [0.2, 0.25) is 5.91 Å². The van der Waals surface area contributed by atoms with E-state index in [1.54, 1.807) is 6.92 Å². The third-order valence-corrected chi connectivity index (χ3v) is 5.23. The van der Waals surface area contributed by atoms with Gasteiger partial charge >= 0.3 is 0 Å². The van der Waals surface area contributed by atoms with E-state index in [2.05, 4.69) is 79.3 Å². The minimum Gasteiger partial charge on any atom is -0.348 e. The predicted octanol–water partition coefficient (Wildman–Crippen LogP) is 3.42. The quantitative estimate of drug-likeness (QED) is 0.740. The summed E-state index contributed by atoms with van der Waals surface area (Å²) in [4.78, 5) is 18.2. The smallest absolute Gasteiger partial charge is 0.218 e. The second-order valence-corrected chi connectivity index (χ2v) is 8.11. The van der Waals surface area contributed by atoms with Crippen LogP contribution in [0.3, 0.4) is 0 Å². The average Bonchev–Trinajstić information content (AvgIpc) is 2.64. The van der Waals surface area contributed by atoms with Crippen LogP contribution in [0.15, 0.2) is 30.3 Å². The zero-order valence-electron chi connectivity index (χ0n) is 18.3. The van der Waals surface area contributed by atoms with E-state index in [0.29, 0.717) is 6.67 Å². The Kier molecular flexibility index (Phi) is 10.4. The van der Waals surface area contributed by atoms with Crippen LogP contribution < -0.4 is 10.2 Å². The molecule has 0 saturated carbocycles. The number of rotatable bonds is 7. The van der Waals surface area contributed by atoms with Gasteiger partial charge in [-0.25, -0.2) is 0 Å². The van der Waals surface area contributed by atoms with E-state index >= 15 is 0 Å². The maximum absolute atomic E-state index is 11.3. The molecular formula is C22H40N4O. The third-order valence-electron chi connectivity index (χ3n) is 5.23. The Balaban J connectivity index is 0.000000445. The molecule has 5 heteroatoms. The second-order valence-electron chi connectivity index (χ2n) is 8.11. The summed E-state index contributed by atoms with van der Waals surface area (Å²) in [6, 6.07) is 10.4. The summed E-state index contributed by atoms with van der Waals surface area (Å²) in [6.07, 6.45) is 4.85. The number of carbonyl (C=O) groups is 1. The summed E-state index contributed by atoms with van der Waals surface area (Å²) in [5, 5.41) is 2.95. The SMILES string of the molecule is CC(=O)NCN(c1ccccc1)C1(C)CCN(C)CC1.CCCCN(C)C. The molecule has 1 heterocycles. The first-order valence-electron chi connectivity index (χ1n) is 10.2. The van der Waals surface area contributed by atoms with Crippen molar-refractivity contribution in [3.8, 4) is 0 Å². The Morgan fingerprint density at radius 2 is 1.78 bits per heavy atom. The summed E-state index contributed by atoms with van der Waals surface area (Å²) in [5.41, 5.74) is 1.27. The molecule has 1 aromatic rings. The van der Waals surface area contributed by atoms with Gasteiger partial charge in [0.15, 0.2) is 0 Å². The number of unbranched alkanes of at least 4 members (excludes halogenated alkanes) is 1. The van der Waals surface area contributed by atoms with Crippen LogP contribution >= 0.6 is 0 Å². The molecule has 27 heavy (non-hydrogen) atoms. The van der Waals surface area contributed by atoms with Crippen molar-refractivity contribution >= 4 is 11.6 Å². The lowest BCUT2D eigenvalue weighted by Gasteiger charge is -2.47. The molecule has 0 aromatic heterocycles. The van der Waals surface area contributed by atoms with E-state index in [4.69, 9.17) is 0 Å². The second kappa shape index (κ2) is 12.0. The Bertz CT molecular complexity index is 524. The fraction of sp³-hybridized carbons (Fsp3) is 0.682. The lowest BCUT2D eigenvalue weighted by Crippen LogP contribution is -2.56. The van der Waals surface area contributed by atoms with Crippen molar-refractivity contribution in [2.75, 3.05) is 52.3 Å². The number of amides is 1. The molecule has 0 spiro atoms. The highest BCUT2D eigenvalue weighted by atomic mass is 16.1. The Morgan fingerprint density at radius 1 is 1.19 bits per heavy atom. The van der Waals surface area contributed by atoms with E-state index in [0.717, 1.165) is 25.9 Å². The van der Waals surface area contributed by atoms with E-state index in [9.17, 15) is 4.79 Å². The fourth-order valence-corrected chi connectivity index (χ4v) is 3.24. The molecule has 0 aliphatic carbocycles. The van der Waals surface area contributed by atoms with Crippen LogP contribution in [0.25, 0.3) is 0 Å². The third kappa shape index (κ3) is 8.76. The monoisotopic (exact) mass is 376 g/mol. The highest BCUT2D eigenvalue weighted by Gasteiger charge is 2.35. The number of nitrogens with zero attached hydrogens (tertiary/aromatic N) is 3. The molecule has 1 aliphatic rings. The van der Waals surface area contributed by atoms with Gasteiger partial charge in [0.05, 0.1) is 6.67 Å². The number of likely N-dealkylation sites (tertiary alicyclic amines) is 1. The van der Waals surface area contributed by atoms with Gasteiger partial charge in [-0.15, -0.1) is 0 Å².